The maximum atomic E-state index is 5.54. The van der Waals surface area contributed by atoms with Crippen molar-refractivity contribution in [2.75, 3.05) is 6.61 Å². The lowest BCUT2D eigenvalue weighted by Crippen LogP contribution is -2.10. The average Bonchev–Trinajstić information content (AvgIpc) is 2.03. The van der Waals surface area contributed by atoms with Gasteiger partial charge in [-0.05, 0) is 19.8 Å². The smallest absolute Gasteiger partial charge is 0.0572 e. The highest BCUT2D eigenvalue weighted by Gasteiger charge is 2.03. The zero-order valence-electron chi connectivity index (χ0n) is 8.23. The molecule has 0 aromatic carbocycles. The molecule has 0 radical (unpaired) electrons. The summed E-state index contributed by atoms with van der Waals surface area (Å²) in [5, 5.41) is 0. The van der Waals surface area contributed by atoms with E-state index in [1.807, 2.05) is 0 Å². The highest BCUT2D eigenvalue weighted by Crippen LogP contribution is 2.09. The molecule has 0 aromatic heterocycles. The van der Waals surface area contributed by atoms with E-state index in [-0.39, 0.29) is 0 Å². The highest BCUT2D eigenvalue weighted by molar-refractivity contribution is 4.54. The summed E-state index contributed by atoms with van der Waals surface area (Å²) >= 11 is 0. The lowest BCUT2D eigenvalue weighted by molar-refractivity contribution is 0.0524. The quantitative estimate of drug-likeness (QED) is 0.516. The van der Waals surface area contributed by atoms with Gasteiger partial charge in [-0.25, -0.2) is 0 Å². The molecule has 1 nitrogen and oxygen atoms in total. The molecule has 0 saturated heterocycles. The van der Waals surface area contributed by atoms with Crippen molar-refractivity contribution >= 4 is 0 Å². The summed E-state index contributed by atoms with van der Waals surface area (Å²) in [7, 11) is 0. The molecule has 0 aliphatic carbocycles. The van der Waals surface area contributed by atoms with Crippen LogP contribution in [0.5, 0.6) is 0 Å². The van der Waals surface area contributed by atoms with E-state index in [0.29, 0.717) is 6.10 Å². The van der Waals surface area contributed by atoms with Crippen LogP contribution in [0, 0.1) is 0 Å². The number of ether oxygens (including phenoxy) is 1. The van der Waals surface area contributed by atoms with Crippen LogP contribution in [0.3, 0.4) is 0 Å². The minimum atomic E-state index is 0.520. The number of hydrogen-bond acceptors (Lipinski definition) is 1. The van der Waals surface area contributed by atoms with Crippen LogP contribution in [-0.2, 0) is 4.74 Å². The van der Waals surface area contributed by atoms with Crippen molar-refractivity contribution in [3.8, 4) is 0 Å². The van der Waals surface area contributed by atoms with Gasteiger partial charge in [0.25, 0.3) is 0 Å². The molecule has 1 unspecified atom stereocenters. The Bertz CT molecular complexity index is 71.3. The van der Waals surface area contributed by atoms with Gasteiger partial charge < -0.3 is 4.74 Å². The van der Waals surface area contributed by atoms with Crippen LogP contribution in [0.1, 0.15) is 52.9 Å². The van der Waals surface area contributed by atoms with Crippen molar-refractivity contribution in [3.63, 3.8) is 0 Å². The number of unbranched alkanes of at least 4 members (excludes halogenated alkanes) is 2. The van der Waals surface area contributed by atoms with Gasteiger partial charge in [-0.1, -0.05) is 33.1 Å². The number of hydrogen-bond donors (Lipinski definition) is 0. The first-order valence-corrected chi connectivity index (χ1v) is 4.96. The fourth-order valence-electron chi connectivity index (χ4n) is 1.26. The summed E-state index contributed by atoms with van der Waals surface area (Å²) in [5.74, 6) is 0. The van der Waals surface area contributed by atoms with Crippen LogP contribution in [0.2, 0.25) is 0 Å². The van der Waals surface area contributed by atoms with Gasteiger partial charge in [0.15, 0.2) is 0 Å². The summed E-state index contributed by atoms with van der Waals surface area (Å²) in [5.41, 5.74) is 0. The molecule has 0 aliphatic heterocycles. The molecule has 0 heterocycles. The van der Waals surface area contributed by atoms with Gasteiger partial charge in [-0.3, -0.25) is 0 Å². The topological polar surface area (TPSA) is 9.23 Å². The van der Waals surface area contributed by atoms with Gasteiger partial charge in [-0.15, -0.1) is 0 Å². The van der Waals surface area contributed by atoms with Gasteiger partial charge in [0.2, 0.25) is 0 Å². The third-order valence-corrected chi connectivity index (χ3v) is 1.99. The van der Waals surface area contributed by atoms with Crippen LogP contribution in [0.15, 0.2) is 0 Å². The zero-order chi connectivity index (χ0) is 8.53. The monoisotopic (exact) mass is 158 g/mol. The normalized spacial score (nSPS) is 13.4. The summed E-state index contributed by atoms with van der Waals surface area (Å²) in [4.78, 5) is 0. The fourth-order valence-corrected chi connectivity index (χ4v) is 1.26. The second-order valence-electron chi connectivity index (χ2n) is 2.98. The Morgan fingerprint density at radius 3 is 2.27 bits per heavy atom. The van der Waals surface area contributed by atoms with Crippen LogP contribution in [-0.4, -0.2) is 12.7 Å². The van der Waals surface area contributed by atoms with E-state index in [0.717, 1.165) is 13.0 Å². The van der Waals surface area contributed by atoms with Crippen molar-refractivity contribution in [1.82, 2.24) is 0 Å². The molecule has 0 N–H and O–H groups in total. The molecule has 0 fully saturated rings. The van der Waals surface area contributed by atoms with Crippen molar-refractivity contribution in [2.24, 2.45) is 0 Å². The predicted molar refractivity (Wildman–Crippen MR) is 49.8 cm³/mol. The average molecular weight is 158 g/mol. The third kappa shape index (κ3) is 6.36. The van der Waals surface area contributed by atoms with E-state index in [1.165, 1.54) is 25.7 Å². The molecule has 0 saturated carbocycles. The summed E-state index contributed by atoms with van der Waals surface area (Å²) < 4.78 is 5.54. The first kappa shape index (κ1) is 11.0. The maximum Gasteiger partial charge on any atom is 0.0572 e. The standard InChI is InChI=1S/C10H22O/c1-4-7-8-9-10(5-2)11-6-3/h10H,4-9H2,1-3H3. The van der Waals surface area contributed by atoms with Crippen LogP contribution < -0.4 is 0 Å². The molecule has 0 rings (SSSR count). The minimum absolute atomic E-state index is 0.520. The lowest BCUT2D eigenvalue weighted by Gasteiger charge is -2.13. The summed E-state index contributed by atoms with van der Waals surface area (Å²) in [6.45, 7) is 7.38. The van der Waals surface area contributed by atoms with Crippen molar-refractivity contribution in [2.45, 2.75) is 59.0 Å². The number of rotatable bonds is 7. The zero-order valence-corrected chi connectivity index (χ0v) is 8.23. The van der Waals surface area contributed by atoms with Gasteiger partial charge in [0, 0.05) is 6.61 Å². The second-order valence-corrected chi connectivity index (χ2v) is 2.98. The van der Waals surface area contributed by atoms with Crippen LogP contribution in [0.4, 0.5) is 0 Å². The molecule has 1 heteroatoms. The van der Waals surface area contributed by atoms with Gasteiger partial charge >= 0.3 is 0 Å². The van der Waals surface area contributed by atoms with Gasteiger partial charge in [0.05, 0.1) is 6.10 Å². The molecule has 0 bridgehead atoms. The molecule has 11 heavy (non-hydrogen) atoms. The minimum Gasteiger partial charge on any atom is -0.379 e. The maximum absolute atomic E-state index is 5.54. The van der Waals surface area contributed by atoms with Gasteiger partial charge in [-0.2, -0.15) is 0 Å². The molecular formula is C10H22O. The molecule has 0 aromatic rings. The Hall–Kier alpha value is -0.0400. The Morgan fingerprint density at radius 1 is 1.09 bits per heavy atom. The third-order valence-electron chi connectivity index (χ3n) is 1.99. The Kier molecular flexibility index (Phi) is 8.03. The Morgan fingerprint density at radius 2 is 1.82 bits per heavy atom. The first-order valence-electron chi connectivity index (χ1n) is 4.96. The van der Waals surface area contributed by atoms with E-state index in [9.17, 15) is 0 Å². The molecule has 0 amide bonds. The molecule has 0 spiro atoms. The predicted octanol–water partition coefficient (Wildman–Crippen LogP) is 3.38. The van der Waals surface area contributed by atoms with E-state index in [4.69, 9.17) is 4.74 Å². The van der Waals surface area contributed by atoms with Crippen LogP contribution >= 0.6 is 0 Å². The Labute approximate surface area is 71.1 Å². The highest BCUT2D eigenvalue weighted by atomic mass is 16.5. The van der Waals surface area contributed by atoms with Crippen molar-refractivity contribution < 1.29 is 4.74 Å². The fraction of sp³-hybridized carbons (Fsp3) is 1.00. The Balaban J connectivity index is 3.20. The van der Waals surface area contributed by atoms with E-state index >= 15 is 0 Å². The van der Waals surface area contributed by atoms with Crippen molar-refractivity contribution in [3.05, 3.63) is 0 Å². The van der Waals surface area contributed by atoms with E-state index in [2.05, 4.69) is 20.8 Å². The SMILES string of the molecule is CCCCCC(CC)OCC. The van der Waals surface area contributed by atoms with Gasteiger partial charge in [0.1, 0.15) is 0 Å². The van der Waals surface area contributed by atoms with Crippen LogP contribution in [0.25, 0.3) is 0 Å². The summed E-state index contributed by atoms with van der Waals surface area (Å²) in [6, 6.07) is 0. The lowest BCUT2D eigenvalue weighted by atomic mass is 10.1. The summed E-state index contributed by atoms with van der Waals surface area (Å²) in [6.07, 6.45) is 6.92. The molecule has 1 atom stereocenters. The van der Waals surface area contributed by atoms with E-state index in [1.54, 1.807) is 0 Å². The van der Waals surface area contributed by atoms with Crippen molar-refractivity contribution in [1.29, 1.82) is 0 Å². The van der Waals surface area contributed by atoms with E-state index < -0.39 is 0 Å². The molecule has 68 valence electrons. The molecule has 0 aliphatic rings. The molecular weight excluding hydrogens is 136 g/mol. The largest absolute Gasteiger partial charge is 0.379 e. The first-order chi connectivity index (χ1) is 5.35. The second kappa shape index (κ2) is 8.06.